The van der Waals surface area contributed by atoms with Crippen LogP contribution in [0, 0.1) is 6.92 Å². The van der Waals surface area contributed by atoms with Crippen molar-refractivity contribution < 1.29 is 12.8 Å². The van der Waals surface area contributed by atoms with E-state index in [1.807, 2.05) is 61.5 Å². The summed E-state index contributed by atoms with van der Waals surface area (Å²) in [6, 6.07) is 17.2. The number of piperidine rings is 1. The smallest absolute Gasteiger partial charge is 0.247 e. The Morgan fingerprint density at radius 3 is 2.50 bits per heavy atom. The Bertz CT molecular complexity index is 1040. The van der Waals surface area contributed by atoms with Crippen LogP contribution in [-0.2, 0) is 15.8 Å². The lowest BCUT2D eigenvalue weighted by Gasteiger charge is -2.29. The highest BCUT2D eigenvalue weighted by Crippen LogP contribution is 2.31. The monoisotopic (exact) mass is 397 g/mol. The zero-order valence-corrected chi connectivity index (χ0v) is 16.6. The van der Waals surface area contributed by atoms with Crippen molar-refractivity contribution in [1.29, 1.82) is 0 Å². The van der Waals surface area contributed by atoms with Crippen LogP contribution in [0.1, 0.15) is 35.8 Å². The number of rotatable bonds is 5. The van der Waals surface area contributed by atoms with Gasteiger partial charge in [0.05, 0.1) is 5.75 Å². The van der Waals surface area contributed by atoms with Gasteiger partial charge >= 0.3 is 0 Å². The standard InChI is InChI=1S/C21H23N3O3S/c1-16-6-5-9-19(14-16)21-23-22-20(27-21)18-10-12-24(13-11-18)28(25,26)15-17-7-3-2-4-8-17/h2-9,14,18H,10-13,15H2,1H3. The minimum Gasteiger partial charge on any atom is -0.420 e. The summed E-state index contributed by atoms with van der Waals surface area (Å²) in [6.07, 6.45) is 1.37. The molecule has 1 fully saturated rings. The highest BCUT2D eigenvalue weighted by atomic mass is 32.2. The van der Waals surface area contributed by atoms with Crippen LogP contribution in [0.15, 0.2) is 59.0 Å². The minimum absolute atomic E-state index is 0.0383. The Labute approximate surface area is 165 Å². The number of hydrogen-bond donors (Lipinski definition) is 0. The van der Waals surface area contributed by atoms with Gasteiger partial charge in [-0.05, 0) is 37.5 Å². The number of hydrogen-bond acceptors (Lipinski definition) is 5. The van der Waals surface area contributed by atoms with E-state index in [4.69, 9.17) is 4.42 Å². The Morgan fingerprint density at radius 2 is 1.79 bits per heavy atom. The van der Waals surface area contributed by atoms with Gasteiger partial charge in [0.25, 0.3) is 0 Å². The zero-order chi connectivity index (χ0) is 19.6. The minimum atomic E-state index is -3.32. The first kappa shape index (κ1) is 18.8. The van der Waals surface area contributed by atoms with E-state index in [1.54, 1.807) is 4.31 Å². The van der Waals surface area contributed by atoms with Gasteiger partial charge in [0.15, 0.2) is 0 Å². The molecule has 0 bridgehead atoms. The summed E-state index contributed by atoms with van der Waals surface area (Å²) in [4.78, 5) is 0. The summed E-state index contributed by atoms with van der Waals surface area (Å²) >= 11 is 0. The molecule has 7 heteroatoms. The topological polar surface area (TPSA) is 76.3 Å². The van der Waals surface area contributed by atoms with Gasteiger partial charge in [-0.25, -0.2) is 12.7 Å². The van der Waals surface area contributed by atoms with Gasteiger partial charge in [-0.2, -0.15) is 0 Å². The van der Waals surface area contributed by atoms with Crippen LogP contribution in [0.25, 0.3) is 11.5 Å². The molecule has 146 valence electrons. The van der Waals surface area contributed by atoms with E-state index in [9.17, 15) is 8.42 Å². The van der Waals surface area contributed by atoms with Gasteiger partial charge < -0.3 is 4.42 Å². The van der Waals surface area contributed by atoms with E-state index < -0.39 is 10.0 Å². The molecular formula is C21H23N3O3S. The van der Waals surface area contributed by atoms with E-state index in [0.717, 1.165) is 16.7 Å². The molecule has 0 spiro atoms. The molecule has 2 heterocycles. The van der Waals surface area contributed by atoms with E-state index >= 15 is 0 Å². The van der Waals surface area contributed by atoms with Crippen molar-refractivity contribution >= 4 is 10.0 Å². The maximum atomic E-state index is 12.7. The second kappa shape index (κ2) is 7.85. The van der Waals surface area contributed by atoms with Gasteiger partial charge in [-0.15, -0.1) is 10.2 Å². The average Bonchev–Trinajstić information content (AvgIpc) is 3.19. The molecule has 0 amide bonds. The Balaban J connectivity index is 1.40. The van der Waals surface area contributed by atoms with Gasteiger partial charge in [-0.1, -0.05) is 48.0 Å². The quantitative estimate of drug-likeness (QED) is 0.655. The molecule has 3 aromatic rings. The predicted molar refractivity (Wildman–Crippen MR) is 107 cm³/mol. The number of nitrogens with zero attached hydrogens (tertiary/aromatic N) is 3. The molecule has 1 aromatic heterocycles. The normalized spacial score (nSPS) is 16.3. The van der Waals surface area contributed by atoms with Crippen molar-refractivity contribution in [2.45, 2.75) is 31.4 Å². The summed E-state index contributed by atoms with van der Waals surface area (Å²) in [5.74, 6) is 1.24. The Morgan fingerprint density at radius 1 is 1.04 bits per heavy atom. The van der Waals surface area contributed by atoms with Crippen LogP contribution in [0.5, 0.6) is 0 Å². The highest BCUT2D eigenvalue weighted by molar-refractivity contribution is 7.88. The van der Waals surface area contributed by atoms with Crippen molar-refractivity contribution in [2.24, 2.45) is 0 Å². The molecule has 0 radical (unpaired) electrons. The lowest BCUT2D eigenvalue weighted by Crippen LogP contribution is -2.38. The van der Waals surface area contributed by atoms with Crippen LogP contribution in [0.4, 0.5) is 0 Å². The largest absolute Gasteiger partial charge is 0.420 e. The van der Waals surface area contributed by atoms with Crippen molar-refractivity contribution in [3.8, 4) is 11.5 Å². The third-order valence-electron chi connectivity index (χ3n) is 5.09. The van der Waals surface area contributed by atoms with Gasteiger partial charge in [0.1, 0.15) is 0 Å². The summed E-state index contributed by atoms with van der Waals surface area (Å²) in [6.45, 7) is 2.97. The van der Waals surface area contributed by atoms with Gasteiger partial charge in [0, 0.05) is 24.6 Å². The lowest BCUT2D eigenvalue weighted by molar-refractivity contribution is 0.291. The summed E-state index contributed by atoms with van der Waals surface area (Å²) < 4.78 is 32.9. The van der Waals surface area contributed by atoms with Crippen molar-refractivity contribution in [3.63, 3.8) is 0 Å². The molecule has 0 aliphatic carbocycles. The number of aryl methyl sites for hydroxylation is 1. The third-order valence-corrected chi connectivity index (χ3v) is 6.94. The van der Waals surface area contributed by atoms with Crippen LogP contribution < -0.4 is 0 Å². The average molecular weight is 398 g/mol. The van der Waals surface area contributed by atoms with Crippen LogP contribution in [0.2, 0.25) is 0 Å². The maximum absolute atomic E-state index is 12.7. The first-order valence-corrected chi connectivity index (χ1v) is 11.0. The first-order chi connectivity index (χ1) is 13.5. The Kier molecular flexibility index (Phi) is 5.28. The molecular weight excluding hydrogens is 374 g/mol. The molecule has 1 aliphatic heterocycles. The fraction of sp³-hybridized carbons (Fsp3) is 0.333. The number of aromatic nitrogens is 2. The number of sulfonamides is 1. The predicted octanol–water partition coefficient (Wildman–Crippen LogP) is 3.75. The second-order valence-corrected chi connectivity index (χ2v) is 9.20. The highest BCUT2D eigenvalue weighted by Gasteiger charge is 2.31. The molecule has 0 unspecified atom stereocenters. The molecule has 0 saturated carbocycles. The lowest BCUT2D eigenvalue weighted by atomic mass is 9.98. The van der Waals surface area contributed by atoms with Gasteiger partial charge in [-0.3, -0.25) is 0 Å². The molecule has 1 aliphatic rings. The van der Waals surface area contributed by atoms with Crippen molar-refractivity contribution in [1.82, 2.24) is 14.5 Å². The SMILES string of the molecule is Cc1cccc(-c2nnc(C3CCN(S(=O)(=O)Cc4ccccc4)CC3)o2)c1. The van der Waals surface area contributed by atoms with E-state index in [2.05, 4.69) is 10.2 Å². The van der Waals surface area contributed by atoms with Crippen LogP contribution in [-0.4, -0.2) is 36.0 Å². The third kappa shape index (κ3) is 4.15. The van der Waals surface area contributed by atoms with E-state index in [-0.39, 0.29) is 11.7 Å². The van der Waals surface area contributed by atoms with E-state index in [1.165, 1.54) is 0 Å². The van der Waals surface area contributed by atoms with E-state index in [0.29, 0.717) is 37.7 Å². The maximum Gasteiger partial charge on any atom is 0.247 e. The fourth-order valence-electron chi connectivity index (χ4n) is 3.55. The zero-order valence-electron chi connectivity index (χ0n) is 15.8. The Hall–Kier alpha value is -2.51. The summed E-state index contributed by atoms with van der Waals surface area (Å²) in [5, 5.41) is 8.39. The molecule has 2 aromatic carbocycles. The molecule has 28 heavy (non-hydrogen) atoms. The van der Waals surface area contributed by atoms with Crippen molar-refractivity contribution in [2.75, 3.05) is 13.1 Å². The van der Waals surface area contributed by atoms with Crippen molar-refractivity contribution in [3.05, 3.63) is 71.6 Å². The van der Waals surface area contributed by atoms with Crippen LogP contribution >= 0.6 is 0 Å². The van der Waals surface area contributed by atoms with Gasteiger partial charge in [0.2, 0.25) is 21.8 Å². The molecule has 6 nitrogen and oxygen atoms in total. The number of benzene rings is 2. The first-order valence-electron chi connectivity index (χ1n) is 9.43. The summed E-state index contributed by atoms with van der Waals surface area (Å²) in [5.41, 5.74) is 2.85. The summed E-state index contributed by atoms with van der Waals surface area (Å²) in [7, 11) is -3.32. The second-order valence-electron chi connectivity index (χ2n) is 7.23. The fourth-order valence-corrected chi connectivity index (χ4v) is 5.11. The molecule has 4 rings (SSSR count). The molecule has 0 N–H and O–H groups in total. The molecule has 1 saturated heterocycles. The van der Waals surface area contributed by atoms with Crippen LogP contribution in [0.3, 0.4) is 0 Å². The molecule has 0 atom stereocenters.